The summed E-state index contributed by atoms with van der Waals surface area (Å²) in [7, 11) is 2.10. The van der Waals surface area contributed by atoms with Gasteiger partial charge in [0.2, 0.25) is 0 Å². The number of likely N-dealkylation sites (tertiary alicyclic amines) is 1. The molecule has 21 heavy (non-hydrogen) atoms. The lowest BCUT2D eigenvalue weighted by Gasteiger charge is -2.44. The van der Waals surface area contributed by atoms with Crippen LogP contribution in [0.1, 0.15) is 32.6 Å². The van der Waals surface area contributed by atoms with E-state index in [4.69, 9.17) is 0 Å². The fourth-order valence-electron chi connectivity index (χ4n) is 2.60. The molecule has 0 unspecified atom stereocenters. The maximum Gasteiger partial charge on any atom is 0.317 e. The summed E-state index contributed by atoms with van der Waals surface area (Å²) in [4.78, 5) is 16.1. The zero-order valence-corrected chi connectivity index (χ0v) is 13.2. The molecule has 0 bridgehead atoms. The van der Waals surface area contributed by atoms with Gasteiger partial charge < -0.3 is 15.1 Å². The van der Waals surface area contributed by atoms with Crippen LogP contribution in [0.5, 0.6) is 0 Å². The largest absolute Gasteiger partial charge is 0.368 e. The van der Waals surface area contributed by atoms with Gasteiger partial charge in [-0.1, -0.05) is 44.4 Å². The van der Waals surface area contributed by atoms with E-state index in [1.165, 1.54) is 24.9 Å². The maximum absolute atomic E-state index is 12.0. The number of likely N-dealkylation sites (N-methyl/N-ethyl adjacent to an activating group) is 1. The highest BCUT2D eigenvalue weighted by Gasteiger charge is 2.33. The first kappa shape index (κ1) is 15.7. The summed E-state index contributed by atoms with van der Waals surface area (Å²) in [5.41, 5.74) is 1.21. The zero-order chi connectivity index (χ0) is 15.1. The Hall–Kier alpha value is -1.71. The number of carbonyl (C=O) groups excluding carboxylic acids is 1. The minimum Gasteiger partial charge on any atom is -0.368 e. The van der Waals surface area contributed by atoms with Crippen LogP contribution in [0.4, 0.5) is 10.5 Å². The molecule has 1 fully saturated rings. The number of anilines is 1. The van der Waals surface area contributed by atoms with Crippen LogP contribution in [-0.4, -0.2) is 43.7 Å². The van der Waals surface area contributed by atoms with Gasteiger partial charge in [-0.05, 0) is 18.6 Å². The lowest BCUT2D eigenvalue weighted by Crippen LogP contribution is -2.62. The van der Waals surface area contributed by atoms with E-state index in [2.05, 4.69) is 36.3 Å². The number of rotatable bonds is 7. The fraction of sp³-hybridized carbons (Fsp3) is 0.588. The Bertz CT molecular complexity index is 429. The molecule has 0 atom stereocenters. The van der Waals surface area contributed by atoms with Crippen molar-refractivity contribution in [1.82, 2.24) is 10.2 Å². The van der Waals surface area contributed by atoms with Gasteiger partial charge in [0.25, 0.3) is 0 Å². The van der Waals surface area contributed by atoms with Gasteiger partial charge in [0.05, 0.1) is 6.04 Å². The van der Waals surface area contributed by atoms with Crippen LogP contribution in [0.25, 0.3) is 0 Å². The number of nitrogens with zero attached hydrogens (tertiary/aromatic N) is 2. The Morgan fingerprint density at radius 2 is 1.95 bits per heavy atom. The van der Waals surface area contributed by atoms with Crippen molar-refractivity contribution in [2.24, 2.45) is 0 Å². The Morgan fingerprint density at radius 1 is 1.24 bits per heavy atom. The summed E-state index contributed by atoms with van der Waals surface area (Å²) in [5.74, 6) is 0. The van der Waals surface area contributed by atoms with Crippen LogP contribution in [0.3, 0.4) is 0 Å². The molecule has 2 rings (SSSR count). The highest BCUT2D eigenvalue weighted by Crippen LogP contribution is 2.20. The highest BCUT2D eigenvalue weighted by molar-refractivity contribution is 5.75. The second kappa shape index (κ2) is 7.91. The van der Waals surface area contributed by atoms with Gasteiger partial charge in [-0.3, -0.25) is 0 Å². The predicted molar refractivity (Wildman–Crippen MR) is 87.7 cm³/mol. The molecule has 0 aromatic heterocycles. The Morgan fingerprint density at radius 3 is 2.62 bits per heavy atom. The van der Waals surface area contributed by atoms with Gasteiger partial charge in [0, 0.05) is 32.4 Å². The molecule has 1 aliphatic heterocycles. The molecule has 0 aliphatic carbocycles. The Labute approximate surface area is 128 Å². The molecule has 1 heterocycles. The van der Waals surface area contributed by atoms with Crippen LogP contribution in [0.15, 0.2) is 30.3 Å². The topological polar surface area (TPSA) is 35.6 Å². The monoisotopic (exact) mass is 289 g/mol. The molecule has 1 saturated heterocycles. The molecule has 0 spiro atoms. The number of para-hydroxylation sites is 1. The van der Waals surface area contributed by atoms with Crippen molar-refractivity contribution in [3.05, 3.63) is 30.3 Å². The zero-order valence-electron chi connectivity index (χ0n) is 13.2. The summed E-state index contributed by atoms with van der Waals surface area (Å²) < 4.78 is 0. The molecule has 4 nitrogen and oxygen atoms in total. The predicted octanol–water partition coefficient (Wildman–Crippen LogP) is 3.10. The lowest BCUT2D eigenvalue weighted by molar-refractivity contribution is 0.150. The van der Waals surface area contributed by atoms with Crippen molar-refractivity contribution in [3.63, 3.8) is 0 Å². The van der Waals surface area contributed by atoms with Gasteiger partial charge in [0.1, 0.15) is 0 Å². The summed E-state index contributed by atoms with van der Waals surface area (Å²) in [6.45, 7) is 4.62. The SMILES string of the molecule is CCCCCCNC(=O)N1CC(N(C)c2ccccc2)C1. The standard InChI is InChI=1S/C17H27N3O/c1-3-4-5-9-12-18-17(21)20-13-16(14-20)19(2)15-10-7-6-8-11-15/h6-8,10-11,16H,3-5,9,12-14H2,1-2H3,(H,18,21). The van der Waals surface area contributed by atoms with Crippen LogP contribution >= 0.6 is 0 Å². The molecule has 2 amide bonds. The first-order chi connectivity index (χ1) is 10.2. The second-order valence-corrected chi connectivity index (χ2v) is 5.80. The normalized spacial score (nSPS) is 14.7. The third-order valence-corrected chi connectivity index (χ3v) is 4.17. The summed E-state index contributed by atoms with van der Waals surface area (Å²) in [6, 6.07) is 10.8. The second-order valence-electron chi connectivity index (χ2n) is 5.80. The fourth-order valence-corrected chi connectivity index (χ4v) is 2.60. The smallest absolute Gasteiger partial charge is 0.317 e. The molecule has 0 radical (unpaired) electrons. The van der Waals surface area contributed by atoms with Crippen LogP contribution in [0.2, 0.25) is 0 Å². The summed E-state index contributed by atoms with van der Waals surface area (Å²) in [5, 5.41) is 3.01. The summed E-state index contributed by atoms with van der Waals surface area (Å²) in [6.07, 6.45) is 4.77. The number of benzene rings is 1. The average Bonchev–Trinajstić information content (AvgIpc) is 2.46. The van der Waals surface area contributed by atoms with Crippen molar-refractivity contribution in [2.75, 3.05) is 31.6 Å². The minimum absolute atomic E-state index is 0.0872. The number of urea groups is 1. The van der Waals surface area contributed by atoms with Crippen LogP contribution < -0.4 is 10.2 Å². The third-order valence-electron chi connectivity index (χ3n) is 4.17. The first-order valence-corrected chi connectivity index (χ1v) is 8.03. The Balaban J connectivity index is 1.65. The van der Waals surface area contributed by atoms with E-state index >= 15 is 0 Å². The quantitative estimate of drug-likeness (QED) is 0.783. The van der Waals surface area contributed by atoms with Gasteiger partial charge in [-0.25, -0.2) is 4.79 Å². The van der Waals surface area contributed by atoms with E-state index < -0.39 is 0 Å². The van der Waals surface area contributed by atoms with Crippen molar-refractivity contribution >= 4 is 11.7 Å². The molecule has 1 aromatic rings. The number of unbranched alkanes of at least 4 members (excludes halogenated alkanes) is 3. The minimum atomic E-state index is 0.0872. The van der Waals surface area contributed by atoms with Gasteiger partial charge in [-0.2, -0.15) is 0 Å². The average molecular weight is 289 g/mol. The molecule has 1 aliphatic rings. The molecular formula is C17H27N3O. The third kappa shape index (κ3) is 4.38. The molecule has 116 valence electrons. The van der Waals surface area contributed by atoms with Gasteiger partial charge >= 0.3 is 6.03 Å². The Kier molecular flexibility index (Phi) is 5.90. The molecule has 4 heteroatoms. The van der Waals surface area contributed by atoms with Crippen LogP contribution in [0, 0.1) is 0 Å². The van der Waals surface area contributed by atoms with E-state index in [1.807, 2.05) is 23.1 Å². The number of hydrogen-bond acceptors (Lipinski definition) is 2. The van der Waals surface area contributed by atoms with Crippen molar-refractivity contribution in [1.29, 1.82) is 0 Å². The van der Waals surface area contributed by atoms with E-state index in [0.717, 1.165) is 26.1 Å². The maximum atomic E-state index is 12.0. The van der Waals surface area contributed by atoms with E-state index in [1.54, 1.807) is 0 Å². The number of nitrogens with one attached hydrogen (secondary N) is 1. The number of carbonyl (C=O) groups is 1. The van der Waals surface area contributed by atoms with Gasteiger partial charge in [-0.15, -0.1) is 0 Å². The van der Waals surface area contributed by atoms with Crippen molar-refractivity contribution in [2.45, 2.75) is 38.6 Å². The van der Waals surface area contributed by atoms with Crippen LogP contribution in [-0.2, 0) is 0 Å². The van der Waals surface area contributed by atoms with E-state index in [0.29, 0.717) is 6.04 Å². The highest BCUT2D eigenvalue weighted by atomic mass is 16.2. The molecule has 0 saturated carbocycles. The lowest BCUT2D eigenvalue weighted by atomic mass is 10.1. The van der Waals surface area contributed by atoms with Crippen molar-refractivity contribution in [3.8, 4) is 0 Å². The van der Waals surface area contributed by atoms with E-state index in [9.17, 15) is 4.79 Å². The number of amides is 2. The molecule has 1 N–H and O–H groups in total. The first-order valence-electron chi connectivity index (χ1n) is 8.03. The van der Waals surface area contributed by atoms with Gasteiger partial charge in [0.15, 0.2) is 0 Å². The molecule has 1 aromatic carbocycles. The van der Waals surface area contributed by atoms with E-state index in [-0.39, 0.29) is 6.03 Å². The summed E-state index contributed by atoms with van der Waals surface area (Å²) >= 11 is 0. The van der Waals surface area contributed by atoms with Crippen molar-refractivity contribution < 1.29 is 4.79 Å². The number of hydrogen-bond donors (Lipinski definition) is 1. The molecular weight excluding hydrogens is 262 g/mol.